The number of furan rings is 1. The third kappa shape index (κ3) is 2.91. The molecule has 0 aliphatic carbocycles. The quantitative estimate of drug-likeness (QED) is 0.431. The summed E-state index contributed by atoms with van der Waals surface area (Å²) in [6.07, 6.45) is 1.26. The van der Waals surface area contributed by atoms with E-state index in [1.165, 1.54) is 24.3 Å². The molecule has 7 nitrogen and oxygen atoms in total. The summed E-state index contributed by atoms with van der Waals surface area (Å²) in [4.78, 5) is 35.5. The molecule has 1 aliphatic heterocycles. The Hall–Kier alpha value is -2.29. The Kier molecular flexibility index (Phi) is 4.35. The van der Waals surface area contributed by atoms with Gasteiger partial charge in [0.2, 0.25) is 0 Å². The number of benzene rings is 1. The number of halogens is 2. The number of nitro groups is 1. The highest BCUT2D eigenvalue weighted by Gasteiger charge is 2.38. The van der Waals surface area contributed by atoms with Crippen molar-refractivity contribution in [1.82, 2.24) is 0 Å². The number of carbonyl (C=O) groups is 2. The van der Waals surface area contributed by atoms with Gasteiger partial charge in [0, 0.05) is 6.08 Å². The van der Waals surface area contributed by atoms with Crippen molar-refractivity contribution in [2.24, 2.45) is 0 Å². The van der Waals surface area contributed by atoms with Gasteiger partial charge in [-0.25, -0.2) is 4.90 Å². The van der Waals surface area contributed by atoms with Crippen molar-refractivity contribution in [1.29, 1.82) is 0 Å². The topological polar surface area (TPSA) is 93.7 Å². The van der Waals surface area contributed by atoms with E-state index in [2.05, 4.69) is 0 Å². The van der Waals surface area contributed by atoms with E-state index < -0.39 is 22.0 Å². The number of amides is 2. The monoisotopic (exact) mass is 384 g/mol. The van der Waals surface area contributed by atoms with E-state index >= 15 is 0 Å². The molecule has 0 atom stereocenters. The Morgan fingerprint density at radius 3 is 2.62 bits per heavy atom. The number of anilines is 1. The molecule has 1 fully saturated rings. The number of hydrogen-bond acceptors (Lipinski definition) is 6. The van der Waals surface area contributed by atoms with E-state index in [0.717, 1.165) is 11.0 Å². The average molecular weight is 385 g/mol. The number of carbonyl (C=O) groups excluding carboxylic acids is 2. The third-order valence-electron chi connectivity index (χ3n) is 3.03. The van der Waals surface area contributed by atoms with Crippen LogP contribution < -0.4 is 4.90 Å². The molecule has 1 saturated heterocycles. The number of hydrogen-bond donors (Lipinski definition) is 0. The summed E-state index contributed by atoms with van der Waals surface area (Å²) in [5.41, 5.74) is 0.167. The molecule has 0 saturated carbocycles. The van der Waals surface area contributed by atoms with E-state index in [1.54, 1.807) is 6.07 Å². The van der Waals surface area contributed by atoms with Crippen molar-refractivity contribution in [3.05, 3.63) is 61.2 Å². The molecular formula is C14H6Cl2N2O5S. The number of nitrogens with zero attached hydrogens (tertiary/aromatic N) is 2. The Morgan fingerprint density at radius 2 is 1.96 bits per heavy atom. The zero-order valence-electron chi connectivity index (χ0n) is 11.6. The lowest BCUT2D eigenvalue weighted by Crippen LogP contribution is -2.27. The first kappa shape index (κ1) is 16.6. The van der Waals surface area contributed by atoms with Gasteiger partial charge >= 0.3 is 5.88 Å². The second kappa shape index (κ2) is 6.31. The number of imide groups is 1. The highest BCUT2D eigenvalue weighted by Crippen LogP contribution is 2.40. The molecule has 0 N–H and O–H groups in total. The highest BCUT2D eigenvalue weighted by molar-refractivity contribution is 8.19. The molecule has 0 radical (unpaired) electrons. The van der Waals surface area contributed by atoms with Gasteiger partial charge in [0.25, 0.3) is 11.1 Å². The molecule has 1 aliphatic rings. The largest absolute Gasteiger partial charge is 0.433 e. The summed E-state index contributed by atoms with van der Waals surface area (Å²) >= 11 is 12.6. The smallest absolute Gasteiger partial charge is 0.401 e. The fourth-order valence-electron chi connectivity index (χ4n) is 1.99. The van der Waals surface area contributed by atoms with Crippen LogP contribution in [0.1, 0.15) is 5.76 Å². The molecule has 122 valence electrons. The van der Waals surface area contributed by atoms with Crippen LogP contribution in [0.25, 0.3) is 6.08 Å². The lowest BCUT2D eigenvalue weighted by molar-refractivity contribution is -0.402. The Morgan fingerprint density at radius 1 is 1.21 bits per heavy atom. The molecular weight excluding hydrogens is 379 g/mol. The van der Waals surface area contributed by atoms with Crippen LogP contribution in [0, 0.1) is 10.1 Å². The average Bonchev–Trinajstić information content (AvgIpc) is 3.09. The lowest BCUT2D eigenvalue weighted by Gasteiger charge is -2.14. The maximum Gasteiger partial charge on any atom is 0.433 e. The molecule has 0 unspecified atom stereocenters. The van der Waals surface area contributed by atoms with Crippen molar-refractivity contribution < 1.29 is 18.9 Å². The molecule has 2 heterocycles. The summed E-state index contributed by atoms with van der Waals surface area (Å²) in [5, 5.41) is 10.3. The first-order valence-corrected chi connectivity index (χ1v) is 7.92. The minimum Gasteiger partial charge on any atom is -0.401 e. The first-order valence-electron chi connectivity index (χ1n) is 6.34. The van der Waals surface area contributed by atoms with Gasteiger partial charge in [-0.2, -0.15) is 0 Å². The summed E-state index contributed by atoms with van der Waals surface area (Å²) < 4.78 is 4.96. The van der Waals surface area contributed by atoms with Gasteiger partial charge in [-0.1, -0.05) is 29.3 Å². The molecule has 24 heavy (non-hydrogen) atoms. The highest BCUT2D eigenvalue weighted by atomic mass is 35.5. The summed E-state index contributed by atoms with van der Waals surface area (Å²) in [5.74, 6) is -0.990. The first-order chi connectivity index (χ1) is 11.4. The lowest BCUT2D eigenvalue weighted by atomic mass is 10.3. The molecule has 0 spiro atoms. The van der Waals surface area contributed by atoms with Gasteiger partial charge in [0.15, 0.2) is 0 Å². The standard InChI is InChI=1S/C14H6Cl2N2O5S/c15-8-2-1-3-9(12(8)16)17-13(19)10(24-14(17)20)6-7-4-5-11(23-7)18(21)22/h1-6H/b10-6-. The van der Waals surface area contributed by atoms with Gasteiger partial charge in [0.1, 0.15) is 10.7 Å². The van der Waals surface area contributed by atoms with Crippen molar-refractivity contribution >= 4 is 63.8 Å². The molecule has 2 aromatic rings. The van der Waals surface area contributed by atoms with Crippen LogP contribution in [-0.2, 0) is 4.79 Å². The zero-order valence-corrected chi connectivity index (χ0v) is 13.9. The van der Waals surface area contributed by atoms with E-state index in [0.29, 0.717) is 11.8 Å². The summed E-state index contributed by atoms with van der Waals surface area (Å²) in [6.45, 7) is 0. The predicted octanol–water partition coefficient (Wildman–Crippen LogP) is 4.74. The number of rotatable bonds is 3. The number of thioether (sulfide) groups is 1. The molecule has 1 aromatic heterocycles. The SMILES string of the molecule is O=C1S/C(=C\c2ccc([N+](=O)[O-])o2)C(=O)N1c1cccc(Cl)c1Cl. The van der Waals surface area contributed by atoms with Gasteiger partial charge < -0.3 is 4.42 Å². The summed E-state index contributed by atoms with van der Waals surface area (Å²) in [7, 11) is 0. The fourth-order valence-corrected chi connectivity index (χ4v) is 3.18. The Balaban J connectivity index is 1.95. The van der Waals surface area contributed by atoms with Gasteiger partial charge in [-0.05, 0) is 30.0 Å². The van der Waals surface area contributed by atoms with Crippen LogP contribution in [0.2, 0.25) is 10.0 Å². The van der Waals surface area contributed by atoms with Crippen LogP contribution >= 0.6 is 35.0 Å². The van der Waals surface area contributed by atoms with Gasteiger partial charge in [0.05, 0.1) is 26.7 Å². The Labute approximate surface area is 149 Å². The second-order valence-electron chi connectivity index (χ2n) is 4.52. The molecule has 2 amide bonds. The van der Waals surface area contributed by atoms with Crippen LogP contribution in [0.15, 0.2) is 39.7 Å². The van der Waals surface area contributed by atoms with E-state index in [9.17, 15) is 19.7 Å². The Bertz CT molecular complexity index is 908. The van der Waals surface area contributed by atoms with Gasteiger partial charge in [-0.15, -0.1) is 0 Å². The van der Waals surface area contributed by atoms with E-state index in [4.69, 9.17) is 27.6 Å². The second-order valence-corrected chi connectivity index (χ2v) is 6.30. The minimum atomic E-state index is -0.700. The molecule has 0 bridgehead atoms. The van der Waals surface area contributed by atoms with Crippen LogP contribution in [0.5, 0.6) is 0 Å². The minimum absolute atomic E-state index is 0.0558. The van der Waals surface area contributed by atoms with Crippen molar-refractivity contribution in [3.8, 4) is 0 Å². The van der Waals surface area contributed by atoms with Crippen LogP contribution in [-0.4, -0.2) is 16.1 Å². The predicted molar refractivity (Wildman–Crippen MR) is 90.3 cm³/mol. The van der Waals surface area contributed by atoms with Crippen molar-refractivity contribution in [2.75, 3.05) is 4.90 Å². The van der Waals surface area contributed by atoms with E-state index in [1.807, 2.05) is 0 Å². The maximum atomic E-state index is 12.5. The van der Waals surface area contributed by atoms with Crippen molar-refractivity contribution in [3.63, 3.8) is 0 Å². The molecule has 10 heteroatoms. The third-order valence-corrected chi connectivity index (χ3v) is 4.71. The molecule has 3 rings (SSSR count). The fraction of sp³-hybridized carbons (Fsp3) is 0. The zero-order chi connectivity index (χ0) is 17.4. The van der Waals surface area contributed by atoms with E-state index in [-0.39, 0.29) is 26.4 Å². The maximum absolute atomic E-state index is 12.5. The molecule has 1 aromatic carbocycles. The summed E-state index contributed by atoms with van der Waals surface area (Å²) in [6, 6.07) is 7.07. The van der Waals surface area contributed by atoms with Crippen molar-refractivity contribution in [2.45, 2.75) is 0 Å². The van der Waals surface area contributed by atoms with Crippen LogP contribution in [0.3, 0.4) is 0 Å². The normalized spacial score (nSPS) is 16.2. The van der Waals surface area contributed by atoms with Crippen LogP contribution in [0.4, 0.5) is 16.4 Å². The van der Waals surface area contributed by atoms with Gasteiger partial charge in [-0.3, -0.25) is 19.7 Å².